The average Bonchev–Trinajstić information content (AvgIpc) is 2.64. The molecule has 1 aromatic rings. The number of pyridine rings is 1. The van der Waals surface area contributed by atoms with Gasteiger partial charge in [0, 0.05) is 25.0 Å². The van der Waals surface area contributed by atoms with Gasteiger partial charge in [-0.25, -0.2) is 0 Å². The van der Waals surface area contributed by atoms with E-state index in [4.69, 9.17) is 0 Å². The van der Waals surface area contributed by atoms with Crippen molar-refractivity contribution in [3.63, 3.8) is 0 Å². The van der Waals surface area contributed by atoms with Crippen molar-refractivity contribution in [2.45, 2.75) is 44.7 Å². The van der Waals surface area contributed by atoms with E-state index in [2.05, 4.69) is 29.1 Å². The minimum atomic E-state index is 0.189. The van der Waals surface area contributed by atoms with E-state index in [-0.39, 0.29) is 5.92 Å². The van der Waals surface area contributed by atoms with Crippen LogP contribution < -0.4 is 0 Å². The van der Waals surface area contributed by atoms with Crippen molar-refractivity contribution in [1.29, 1.82) is 5.26 Å². The molecule has 0 aromatic carbocycles. The fourth-order valence-corrected chi connectivity index (χ4v) is 2.86. The van der Waals surface area contributed by atoms with Crippen LogP contribution in [-0.4, -0.2) is 23.0 Å². The maximum Gasteiger partial charge on any atom is 0.0672 e. The lowest BCUT2D eigenvalue weighted by Crippen LogP contribution is -2.36. The molecule has 0 N–H and O–H groups in total. The third-order valence-electron chi connectivity index (χ3n) is 3.87. The molecule has 0 aliphatic heterocycles. The summed E-state index contributed by atoms with van der Waals surface area (Å²) in [4.78, 5) is 6.48. The van der Waals surface area contributed by atoms with Gasteiger partial charge >= 0.3 is 0 Å². The quantitative estimate of drug-likeness (QED) is 0.766. The van der Waals surface area contributed by atoms with Crippen LogP contribution >= 0.6 is 0 Å². The molecule has 18 heavy (non-hydrogen) atoms. The van der Waals surface area contributed by atoms with Crippen LogP contribution in [0.2, 0.25) is 0 Å². The largest absolute Gasteiger partial charge is 0.298 e. The molecular formula is C15H21N3. The molecule has 1 saturated carbocycles. The van der Waals surface area contributed by atoms with Crippen molar-refractivity contribution in [2.75, 3.05) is 7.05 Å². The third-order valence-corrected chi connectivity index (χ3v) is 3.87. The van der Waals surface area contributed by atoms with Gasteiger partial charge in [-0.1, -0.05) is 25.3 Å². The summed E-state index contributed by atoms with van der Waals surface area (Å²) < 4.78 is 0. The molecule has 96 valence electrons. The summed E-state index contributed by atoms with van der Waals surface area (Å²) in [6, 6.07) is 6.97. The highest BCUT2D eigenvalue weighted by atomic mass is 15.1. The van der Waals surface area contributed by atoms with Crippen LogP contribution in [0.3, 0.4) is 0 Å². The first kappa shape index (κ1) is 13.0. The van der Waals surface area contributed by atoms with Gasteiger partial charge in [-0.05, 0) is 31.5 Å². The highest BCUT2D eigenvalue weighted by Crippen LogP contribution is 2.27. The molecule has 1 fully saturated rings. The molecule has 0 spiro atoms. The standard InChI is InChI=1S/C15H21N3/c1-18(12-13-6-5-9-17-11-13)15-8-4-2-3-7-14(15)10-16/h5-6,9,11,14-15H,2-4,7-8,12H2,1H3. The summed E-state index contributed by atoms with van der Waals surface area (Å²) in [5.74, 6) is 0.189. The molecule has 1 aliphatic rings. The van der Waals surface area contributed by atoms with Gasteiger partial charge in [0.05, 0.1) is 12.0 Å². The van der Waals surface area contributed by atoms with Gasteiger partial charge in [0.1, 0.15) is 0 Å². The van der Waals surface area contributed by atoms with Crippen molar-refractivity contribution in [2.24, 2.45) is 5.92 Å². The number of nitriles is 1. The predicted molar refractivity (Wildman–Crippen MR) is 71.7 cm³/mol. The van der Waals surface area contributed by atoms with Gasteiger partial charge in [0.2, 0.25) is 0 Å². The molecule has 2 atom stereocenters. The number of aromatic nitrogens is 1. The fourth-order valence-electron chi connectivity index (χ4n) is 2.86. The van der Waals surface area contributed by atoms with Crippen molar-refractivity contribution in [3.8, 4) is 6.07 Å². The molecule has 1 aromatic heterocycles. The van der Waals surface area contributed by atoms with Crippen LogP contribution in [0.15, 0.2) is 24.5 Å². The van der Waals surface area contributed by atoms with Crippen LogP contribution in [-0.2, 0) is 6.54 Å². The molecular weight excluding hydrogens is 222 g/mol. The van der Waals surface area contributed by atoms with Crippen LogP contribution in [0.1, 0.15) is 37.7 Å². The molecule has 3 heteroatoms. The molecule has 0 bridgehead atoms. The molecule has 2 rings (SSSR count). The molecule has 3 nitrogen and oxygen atoms in total. The van der Waals surface area contributed by atoms with Crippen LogP contribution in [0.4, 0.5) is 0 Å². The monoisotopic (exact) mass is 243 g/mol. The second-order valence-electron chi connectivity index (χ2n) is 5.22. The zero-order valence-electron chi connectivity index (χ0n) is 11.0. The summed E-state index contributed by atoms with van der Waals surface area (Å²) in [6.07, 6.45) is 9.64. The Morgan fingerprint density at radius 1 is 1.39 bits per heavy atom. The maximum atomic E-state index is 9.31. The number of hydrogen-bond acceptors (Lipinski definition) is 3. The van der Waals surface area contributed by atoms with E-state index in [1.165, 1.54) is 24.8 Å². The normalized spacial score (nSPS) is 24.5. The fraction of sp³-hybridized carbons (Fsp3) is 0.600. The SMILES string of the molecule is CN(Cc1cccnc1)C1CCCCCC1C#N. The van der Waals surface area contributed by atoms with E-state index in [0.717, 1.165) is 19.4 Å². The van der Waals surface area contributed by atoms with Crippen molar-refractivity contribution < 1.29 is 0 Å². The Bertz CT molecular complexity index is 396. The van der Waals surface area contributed by atoms with Gasteiger partial charge in [-0.2, -0.15) is 5.26 Å². The van der Waals surface area contributed by atoms with E-state index in [0.29, 0.717) is 6.04 Å². The zero-order valence-corrected chi connectivity index (χ0v) is 11.0. The second kappa shape index (κ2) is 6.51. The smallest absolute Gasteiger partial charge is 0.0672 e. The summed E-state index contributed by atoms with van der Waals surface area (Å²) in [5, 5.41) is 9.31. The van der Waals surface area contributed by atoms with Crippen LogP contribution in [0, 0.1) is 17.2 Å². The highest BCUT2D eigenvalue weighted by Gasteiger charge is 2.26. The topological polar surface area (TPSA) is 39.9 Å². The molecule has 0 saturated heterocycles. The van der Waals surface area contributed by atoms with Gasteiger partial charge in [-0.15, -0.1) is 0 Å². The number of nitrogens with zero attached hydrogens (tertiary/aromatic N) is 3. The van der Waals surface area contributed by atoms with E-state index in [9.17, 15) is 5.26 Å². The summed E-state index contributed by atoms with van der Waals surface area (Å²) in [5.41, 5.74) is 1.22. The Labute approximate surface area is 109 Å². The van der Waals surface area contributed by atoms with Gasteiger partial charge in [0.25, 0.3) is 0 Å². The Balaban J connectivity index is 2.02. The lowest BCUT2D eigenvalue weighted by molar-refractivity contribution is 0.183. The molecule has 1 heterocycles. The average molecular weight is 243 g/mol. The van der Waals surface area contributed by atoms with Gasteiger partial charge < -0.3 is 0 Å². The maximum absolute atomic E-state index is 9.31. The third kappa shape index (κ3) is 3.30. The second-order valence-corrected chi connectivity index (χ2v) is 5.22. The first-order valence-corrected chi connectivity index (χ1v) is 6.80. The Morgan fingerprint density at radius 3 is 2.94 bits per heavy atom. The summed E-state index contributed by atoms with van der Waals surface area (Å²) >= 11 is 0. The summed E-state index contributed by atoms with van der Waals surface area (Å²) in [7, 11) is 2.13. The first-order chi connectivity index (χ1) is 8.81. The van der Waals surface area contributed by atoms with Gasteiger partial charge in [-0.3, -0.25) is 9.88 Å². The van der Waals surface area contributed by atoms with Crippen molar-refractivity contribution in [1.82, 2.24) is 9.88 Å². The predicted octanol–water partition coefficient (Wildman–Crippen LogP) is 2.99. The highest BCUT2D eigenvalue weighted by molar-refractivity contribution is 5.08. The number of hydrogen-bond donors (Lipinski definition) is 0. The Morgan fingerprint density at radius 2 is 2.22 bits per heavy atom. The molecule has 0 radical (unpaired) electrons. The van der Waals surface area contributed by atoms with Crippen LogP contribution in [0.25, 0.3) is 0 Å². The van der Waals surface area contributed by atoms with Crippen molar-refractivity contribution in [3.05, 3.63) is 30.1 Å². The van der Waals surface area contributed by atoms with Crippen LogP contribution in [0.5, 0.6) is 0 Å². The van der Waals surface area contributed by atoms with Crippen molar-refractivity contribution >= 4 is 0 Å². The van der Waals surface area contributed by atoms with E-state index in [1.807, 2.05) is 12.3 Å². The number of rotatable bonds is 3. The molecule has 1 aliphatic carbocycles. The minimum absolute atomic E-state index is 0.189. The zero-order chi connectivity index (χ0) is 12.8. The first-order valence-electron chi connectivity index (χ1n) is 6.80. The van der Waals surface area contributed by atoms with Gasteiger partial charge in [0.15, 0.2) is 0 Å². The summed E-state index contributed by atoms with van der Waals surface area (Å²) in [6.45, 7) is 0.886. The van der Waals surface area contributed by atoms with E-state index in [1.54, 1.807) is 6.20 Å². The molecule has 2 unspecified atom stereocenters. The van der Waals surface area contributed by atoms with E-state index >= 15 is 0 Å². The van der Waals surface area contributed by atoms with E-state index < -0.39 is 0 Å². The Kier molecular flexibility index (Phi) is 4.72. The minimum Gasteiger partial charge on any atom is -0.298 e. The Hall–Kier alpha value is -1.40. The lowest BCUT2D eigenvalue weighted by Gasteiger charge is -2.30. The lowest BCUT2D eigenvalue weighted by atomic mass is 9.95. The molecule has 0 amide bonds.